The summed E-state index contributed by atoms with van der Waals surface area (Å²) in [6.45, 7) is 8.50. The Labute approximate surface area is 159 Å². The maximum Gasteiger partial charge on any atom is 0.181 e. The quantitative estimate of drug-likeness (QED) is 0.680. The highest BCUT2D eigenvalue weighted by Crippen LogP contribution is 2.33. The Morgan fingerprint density at radius 2 is 2.04 bits per heavy atom. The molecule has 7 nitrogen and oxygen atoms in total. The van der Waals surface area contributed by atoms with Crippen molar-refractivity contribution in [1.29, 1.82) is 0 Å². The standard InChI is InChI=1S/C20H25N5O2/c1-13(2)8-20(4,21)11-26-19-10-24-17(16-5-6-23-14(3)25-16)7-15(19)18-9-22-12-27-18/h5-7,9-10,12-13H,8,11,21H2,1-4H3. The Morgan fingerprint density at radius 3 is 2.70 bits per heavy atom. The molecule has 2 N–H and O–H groups in total. The predicted octanol–water partition coefficient (Wildman–Crippen LogP) is 3.64. The summed E-state index contributed by atoms with van der Waals surface area (Å²) in [5, 5.41) is 0. The summed E-state index contributed by atoms with van der Waals surface area (Å²) >= 11 is 0. The van der Waals surface area contributed by atoms with E-state index < -0.39 is 5.54 Å². The van der Waals surface area contributed by atoms with Crippen LogP contribution >= 0.6 is 0 Å². The van der Waals surface area contributed by atoms with Crippen molar-refractivity contribution in [2.45, 2.75) is 39.7 Å². The highest BCUT2D eigenvalue weighted by Gasteiger charge is 2.22. The van der Waals surface area contributed by atoms with Crippen LogP contribution in [-0.2, 0) is 0 Å². The Morgan fingerprint density at radius 1 is 1.22 bits per heavy atom. The number of aryl methyl sites for hydroxylation is 1. The summed E-state index contributed by atoms with van der Waals surface area (Å²) < 4.78 is 11.5. The highest BCUT2D eigenvalue weighted by molar-refractivity contribution is 5.70. The molecule has 0 amide bonds. The maximum atomic E-state index is 6.37. The van der Waals surface area contributed by atoms with Gasteiger partial charge in [0.2, 0.25) is 0 Å². The zero-order valence-electron chi connectivity index (χ0n) is 16.1. The molecule has 142 valence electrons. The zero-order valence-corrected chi connectivity index (χ0v) is 16.1. The van der Waals surface area contributed by atoms with Crippen LogP contribution in [-0.4, -0.2) is 32.1 Å². The Hall–Kier alpha value is -2.80. The van der Waals surface area contributed by atoms with Crippen molar-refractivity contribution < 1.29 is 9.15 Å². The van der Waals surface area contributed by atoms with Crippen molar-refractivity contribution in [3.8, 4) is 28.5 Å². The van der Waals surface area contributed by atoms with Crippen LogP contribution in [0.4, 0.5) is 0 Å². The van der Waals surface area contributed by atoms with Crippen molar-refractivity contribution in [1.82, 2.24) is 19.9 Å². The van der Waals surface area contributed by atoms with Gasteiger partial charge in [-0.1, -0.05) is 13.8 Å². The van der Waals surface area contributed by atoms with Gasteiger partial charge in [0.25, 0.3) is 0 Å². The third-order valence-corrected chi connectivity index (χ3v) is 4.04. The van der Waals surface area contributed by atoms with Crippen molar-refractivity contribution in [2.75, 3.05) is 6.61 Å². The third kappa shape index (κ3) is 4.89. The SMILES string of the molecule is Cc1nccc(-c2cc(-c3cnco3)c(OCC(C)(N)CC(C)C)cn2)n1. The monoisotopic (exact) mass is 367 g/mol. The summed E-state index contributed by atoms with van der Waals surface area (Å²) in [6, 6.07) is 3.70. The lowest BCUT2D eigenvalue weighted by Gasteiger charge is -2.27. The molecule has 0 aliphatic heterocycles. The number of aromatic nitrogens is 4. The molecule has 0 aliphatic rings. The smallest absolute Gasteiger partial charge is 0.181 e. The van der Waals surface area contributed by atoms with Crippen LogP contribution in [0, 0.1) is 12.8 Å². The van der Waals surface area contributed by atoms with E-state index in [2.05, 4.69) is 33.8 Å². The molecule has 0 aliphatic carbocycles. The Bertz CT molecular complexity index is 891. The third-order valence-electron chi connectivity index (χ3n) is 4.04. The van der Waals surface area contributed by atoms with E-state index in [0.717, 1.165) is 17.7 Å². The van der Waals surface area contributed by atoms with E-state index in [1.165, 1.54) is 6.39 Å². The van der Waals surface area contributed by atoms with Gasteiger partial charge in [0.05, 0.1) is 29.3 Å². The van der Waals surface area contributed by atoms with Crippen LogP contribution in [0.3, 0.4) is 0 Å². The van der Waals surface area contributed by atoms with Gasteiger partial charge in [-0.05, 0) is 38.3 Å². The van der Waals surface area contributed by atoms with Gasteiger partial charge in [-0.25, -0.2) is 15.0 Å². The number of ether oxygens (including phenoxy) is 1. The van der Waals surface area contributed by atoms with E-state index in [-0.39, 0.29) is 0 Å². The van der Waals surface area contributed by atoms with Crippen molar-refractivity contribution in [3.05, 3.63) is 42.9 Å². The average Bonchev–Trinajstić information content (AvgIpc) is 3.13. The van der Waals surface area contributed by atoms with E-state index in [1.807, 2.05) is 26.0 Å². The zero-order chi connectivity index (χ0) is 19.4. The summed E-state index contributed by atoms with van der Waals surface area (Å²) in [7, 11) is 0. The van der Waals surface area contributed by atoms with Crippen LogP contribution in [0.1, 0.15) is 33.0 Å². The molecule has 0 saturated carbocycles. The molecule has 0 fully saturated rings. The number of hydrogen-bond acceptors (Lipinski definition) is 7. The summed E-state index contributed by atoms with van der Waals surface area (Å²) in [6.07, 6.45) is 7.28. The number of nitrogens with two attached hydrogens (primary N) is 1. The van der Waals surface area contributed by atoms with Crippen LogP contribution in [0.5, 0.6) is 5.75 Å². The molecule has 3 aromatic rings. The Kier molecular flexibility index (Phi) is 5.51. The van der Waals surface area contributed by atoms with Gasteiger partial charge in [-0.2, -0.15) is 0 Å². The Balaban J connectivity index is 1.92. The van der Waals surface area contributed by atoms with Crippen LogP contribution in [0.15, 0.2) is 41.5 Å². The lowest BCUT2D eigenvalue weighted by molar-refractivity contribution is 0.206. The fourth-order valence-electron chi connectivity index (χ4n) is 3.07. The van der Waals surface area contributed by atoms with Gasteiger partial charge in [-0.15, -0.1) is 0 Å². The number of hydrogen-bond donors (Lipinski definition) is 1. The lowest BCUT2D eigenvalue weighted by atomic mass is 9.93. The largest absolute Gasteiger partial charge is 0.489 e. The van der Waals surface area contributed by atoms with Gasteiger partial charge >= 0.3 is 0 Å². The minimum absolute atomic E-state index is 0.375. The van der Waals surface area contributed by atoms with E-state index in [4.69, 9.17) is 14.9 Å². The molecule has 3 rings (SSSR count). The number of rotatable bonds is 7. The summed E-state index contributed by atoms with van der Waals surface area (Å²) in [5.41, 5.74) is 8.14. The van der Waals surface area contributed by atoms with Crippen molar-refractivity contribution in [3.63, 3.8) is 0 Å². The first-order valence-electron chi connectivity index (χ1n) is 8.95. The van der Waals surface area contributed by atoms with Crippen molar-refractivity contribution >= 4 is 0 Å². The number of pyridine rings is 1. The second-order valence-electron chi connectivity index (χ2n) is 7.46. The predicted molar refractivity (Wildman–Crippen MR) is 103 cm³/mol. The van der Waals surface area contributed by atoms with Gasteiger partial charge in [0, 0.05) is 11.7 Å². The molecular formula is C20H25N5O2. The van der Waals surface area contributed by atoms with Crippen molar-refractivity contribution in [2.24, 2.45) is 11.7 Å². The summed E-state index contributed by atoms with van der Waals surface area (Å²) in [4.78, 5) is 17.1. The molecule has 1 atom stereocenters. The van der Waals surface area contributed by atoms with Crippen LogP contribution in [0.2, 0.25) is 0 Å². The molecule has 0 bridgehead atoms. The van der Waals surface area contributed by atoms with E-state index in [0.29, 0.717) is 35.6 Å². The van der Waals surface area contributed by atoms with Gasteiger partial charge in [0.15, 0.2) is 12.2 Å². The first-order valence-corrected chi connectivity index (χ1v) is 8.95. The molecule has 3 heterocycles. The fraction of sp³-hybridized carbons (Fsp3) is 0.400. The normalized spacial score (nSPS) is 13.6. The lowest BCUT2D eigenvalue weighted by Crippen LogP contribution is -2.43. The molecule has 0 aromatic carbocycles. The number of oxazole rings is 1. The molecule has 3 aromatic heterocycles. The van der Waals surface area contributed by atoms with E-state index in [1.54, 1.807) is 18.6 Å². The summed E-state index contributed by atoms with van der Waals surface area (Å²) in [5.74, 6) is 2.37. The second-order valence-corrected chi connectivity index (χ2v) is 7.46. The van der Waals surface area contributed by atoms with Gasteiger partial charge in [-0.3, -0.25) is 4.98 Å². The van der Waals surface area contributed by atoms with Crippen LogP contribution in [0.25, 0.3) is 22.7 Å². The topological polar surface area (TPSA) is 100.0 Å². The molecule has 0 saturated heterocycles. The minimum Gasteiger partial charge on any atom is -0.489 e. The first-order chi connectivity index (χ1) is 12.8. The van der Waals surface area contributed by atoms with Gasteiger partial charge < -0.3 is 14.9 Å². The fourth-order valence-corrected chi connectivity index (χ4v) is 3.07. The molecule has 1 unspecified atom stereocenters. The molecule has 27 heavy (non-hydrogen) atoms. The second kappa shape index (κ2) is 7.84. The average molecular weight is 367 g/mol. The molecular weight excluding hydrogens is 342 g/mol. The molecule has 0 spiro atoms. The molecule has 0 radical (unpaired) electrons. The van der Waals surface area contributed by atoms with E-state index >= 15 is 0 Å². The number of nitrogens with zero attached hydrogens (tertiary/aromatic N) is 4. The van der Waals surface area contributed by atoms with Crippen LogP contribution < -0.4 is 10.5 Å². The minimum atomic E-state index is -0.435. The maximum absolute atomic E-state index is 6.37. The highest BCUT2D eigenvalue weighted by atomic mass is 16.5. The first kappa shape index (κ1) is 19.0. The van der Waals surface area contributed by atoms with E-state index in [9.17, 15) is 0 Å². The van der Waals surface area contributed by atoms with Gasteiger partial charge in [0.1, 0.15) is 18.2 Å². The molecule has 7 heteroatoms.